The Kier molecular flexibility index (Phi) is 23.0. The fourth-order valence-corrected chi connectivity index (χ4v) is 7.88. The Morgan fingerprint density at radius 2 is 1.39 bits per heavy atom. The second-order valence-corrected chi connectivity index (χ2v) is 16.6. The second kappa shape index (κ2) is 26.5. The Morgan fingerprint density at radius 3 is 1.98 bits per heavy atom. The SMILES string of the molecule is CCNC(=O)C(CC(=O)[C@H](CCCCN(CC)CC)NC(=O)[C@@H](CC(=O)[C@H](C)NC(=O)[C@@H](CC(=O)CC(C)C)Cc1ccccc1)CC1CCCCC1)[C@@H](C)O. The molecule has 316 valence electrons. The molecule has 0 spiro atoms. The predicted molar refractivity (Wildman–Crippen MR) is 222 cm³/mol. The van der Waals surface area contributed by atoms with Gasteiger partial charge in [-0.05, 0) is 89.9 Å². The Hall–Kier alpha value is -3.44. The van der Waals surface area contributed by atoms with Gasteiger partial charge in [0, 0.05) is 44.1 Å². The number of rotatable bonds is 28. The van der Waals surface area contributed by atoms with Crippen molar-refractivity contribution in [2.45, 2.75) is 157 Å². The van der Waals surface area contributed by atoms with Crippen LogP contribution in [0.2, 0.25) is 0 Å². The smallest absolute Gasteiger partial charge is 0.226 e. The third-order valence-corrected chi connectivity index (χ3v) is 11.3. The molecular formula is C45H74N4O7. The maximum atomic E-state index is 14.2. The van der Waals surface area contributed by atoms with Gasteiger partial charge in [0.1, 0.15) is 5.78 Å². The number of nitrogens with zero attached hydrogens (tertiary/aromatic N) is 1. The van der Waals surface area contributed by atoms with Crippen molar-refractivity contribution in [1.29, 1.82) is 0 Å². The summed E-state index contributed by atoms with van der Waals surface area (Å²) in [6.45, 7) is 16.1. The maximum Gasteiger partial charge on any atom is 0.226 e. The van der Waals surface area contributed by atoms with Gasteiger partial charge in [-0.15, -0.1) is 0 Å². The molecule has 11 heteroatoms. The van der Waals surface area contributed by atoms with Crippen molar-refractivity contribution in [3.63, 3.8) is 0 Å². The van der Waals surface area contributed by atoms with Gasteiger partial charge in [0.05, 0.1) is 24.1 Å². The molecule has 2 rings (SSSR count). The molecule has 1 aromatic carbocycles. The summed E-state index contributed by atoms with van der Waals surface area (Å²) < 4.78 is 0. The third kappa shape index (κ3) is 18.2. The summed E-state index contributed by atoms with van der Waals surface area (Å²) in [5.41, 5.74) is 0.927. The van der Waals surface area contributed by atoms with E-state index >= 15 is 0 Å². The first-order valence-corrected chi connectivity index (χ1v) is 21.6. The maximum absolute atomic E-state index is 14.2. The Labute approximate surface area is 337 Å². The molecule has 0 radical (unpaired) electrons. The number of ketones is 3. The number of carbonyl (C=O) groups is 6. The summed E-state index contributed by atoms with van der Waals surface area (Å²) in [4.78, 5) is 83.7. The number of amides is 3. The second-order valence-electron chi connectivity index (χ2n) is 16.6. The van der Waals surface area contributed by atoms with Crippen LogP contribution in [-0.4, -0.2) is 89.4 Å². The monoisotopic (exact) mass is 783 g/mol. The fraction of sp³-hybridized carbons (Fsp3) is 0.733. The van der Waals surface area contributed by atoms with Gasteiger partial charge in [0.15, 0.2) is 11.6 Å². The van der Waals surface area contributed by atoms with Crippen LogP contribution < -0.4 is 16.0 Å². The van der Waals surface area contributed by atoms with Crippen LogP contribution in [0.5, 0.6) is 0 Å². The topological polar surface area (TPSA) is 162 Å². The summed E-state index contributed by atoms with van der Waals surface area (Å²) in [5.74, 6) is -3.62. The summed E-state index contributed by atoms with van der Waals surface area (Å²) in [6, 6.07) is 7.76. The summed E-state index contributed by atoms with van der Waals surface area (Å²) in [7, 11) is 0. The van der Waals surface area contributed by atoms with Gasteiger partial charge in [-0.1, -0.05) is 90.1 Å². The predicted octanol–water partition coefficient (Wildman–Crippen LogP) is 5.99. The first-order valence-electron chi connectivity index (χ1n) is 21.6. The van der Waals surface area contributed by atoms with E-state index in [0.29, 0.717) is 38.6 Å². The summed E-state index contributed by atoms with van der Waals surface area (Å²) in [6.07, 6.45) is 7.00. The minimum atomic E-state index is -1.06. The number of aliphatic hydroxyl groups is 1. The van der Waals surface area contributed by atoms with E-state index in [4.69, 9.17) is 0 Å². The minimum Gasteiger partial charge on any atom is -0.393 e. The highest BCUT2D eigenvalue weighted by molar-refractivity contribution is 5.96. The van der Waals surface area contributed by atoms with Crippen LogP contribution in [-0.2, 0) is 35.2 Å². The molecule has 0 saturated heterocycles. The average Bonchev–Trinajstić information content (AvgIpc) is 3.16. The van der Waals surface area contributed by atoms with Gasteiger partial charge < -0.3 is 26.0 Å². The lowest BCUT2D eigenvalue weighted by Gasteiger charge is -2.29. The van der Waals surface area contributed by atoms with E-state index in [1.807, 2.05) is 44.2 Å². The lowest BCUT2D eigenvalue weighted by Crippen LogP contribution is -2.48. The van der Waals surface area contributed by atoms with E-state index in [-0.39, 0.29) is 60.3 Å². The van der Waals surface area contributed by atoms with E-state index in [1.54, 1.807) is 13.8 Å². The first kappa shape index (κ1) is 48.7. The third-order valence-electron chi connectivity index (χ3n) is 11.3. The molecule has 0 heterocycles. The molecule has 11 nitrogen and oxygen atoms in total. The van der Waals surface area contributed by atoms with Gasteiger partial charge in [0.2, 0.25) is 17.7 Å². The lowest BCUT2D eigenvalue weighted by molar-refractivity contribution is -0.136. The highest BCUT2D eigenvalue weighted by atomic mass is 16.3. The van der Waals surface area contributed by atoms with E-state index in [9.17, 15) is 33.9 Å². The average molecular weight is 783 g/mol. The Morgan fingerprint density at radius 1 is 0.750 bits per heavy atom. The largest absolute Gasteiger partial charge is 0.393 e. The van der Waals surface area contributed by atoms with E-state index in [1.165, 1.54) is 6.92 Å². The van der Waals surface area contributed by atoms with E-state index in [2.05, 4.69) is 34.7 Å². The molecule has 1 aliphatic carbocycles. The normalized spacial score (nSPS) is 16.7. The van der Waals surface area contributed by atoms with Gasteiger partial charge in [0.25, 0.3) is 0 Å². The van der Waals surface area contributed by atoms with Crippen LogP contribution in [0, 0.1) is 29.6 Å². The van der Waals surface area contributed by atoms with Crippen molar-refractivity contribution >= 4 is 35.1 Å². The molecule has 4 N–H and O–H groups in total. The zero-order chi connectivity index (χ0) is 41.6. The molecule has 1 aromatic rings. The van der Waals surface area contributed by atoms with Crippen molar-refractivity contribution in [3.05, 3.63) is 35.9 Å². The van der Waals surface area contributed by atoms with Gasteiger partial charge in [-0.2, -0.15) is 0 Å². The minimum absolute atomic E-state index is 0.00203. The summed E-state index contributed by atoms with van der Waals surface area (Å²) in [5, 5.41) is 19.0. The number of aliphatic hydroxyl groups excluding tert-OH is 1. The van der Waals surface area contributed by atoms with Crippen molar-refractivity contribution in [2.75, 3.05) is 26.2 Å². The molecule has 1 aliphatic rings. The Balaban J connectivity index is 2.28. The van der Waals surface area contributed by atoms with Gasteiger partial charge >= 0.3 is 0 Å². The standard InChI is InChI=1S/C45H74N4O7/c1-8-46-45(56)39(33(7)50)30-42(53)40(23-17-18-24-49(9-2)10-3)48-44(55)37(27-35-21-15-12-16-22-35)29-41(52)32(6)47-43(54)36(28-38(51)25-31(4)5)26-34-19-13-11-14-20-34/h11,13-14,19-20,31-33,35-37,39-40,50H,8-10,12,15-18,21-30H2,1-7H3,(H,46,56)(H,47,54)(H,48,55)/t32-,33+,36+,37+,39?,40-/m0/s1. The van der Waals surface area contributed by atoms with E-state index < -0.39 is 41.8 Å². The quantitative estimate of drug-likeness (QED) is 0.0755. The van der Waals surface area contributed by atoms with Crippen LogP contribution in [0.3, 0.4) is 0 Å². The molecule has 1 saturated carbocycles. The molecule has 6 atom stereocenters. The van der Waals surface area contributed by atoms with Crippen LogP contribution in [0.1, 0.15) is 138 Å². The van der Waals surface area contributed by atoms with Crippen LogP contribution in [0.25, 0.3) is 0 Å². The highest BCUT2D eigenvalue weighted by Gasteiger charge is 2.34. The van der Waals surface area contributed by atoms with Gasteiger partial charge in [-0.25, -0.2) is 0 Å². The van der Waals surface area contributed by atoms with Crippen LogP contribution in [0.4, 0.5) is 0 Å². The number of benzene rings is 1. The molecule has 56 heavy (non-hydrogen) atoms. The molecule has 0 bridgehead atoms. The molecule has 1 fully saturated rings. The number of nitrogens with one attached hydrogen (secondary N) is 3. The van der Waals surface area contributed by atoms with Crippen molar-refractivity contribution in [2.24, 2.45) is 29.6 Å². The number of carbonyl (C=O) groups excluding carboxylic acids is 6. The van der Waals surface area contributed by atoms with Crippen LogP contribution >= 0.6 is 0 Å². The van der Waals surface area contributed by atoms with Crippen molar-refractivity contribution in [3.8, 4) is 0 Å². The highest BCUT2D eigenvalue weighted by Crippen LogP contribution is 2.31. The first-order chi connectivity index (χ1) is 26.7. The zero-order valence-electron chi connectivity index (χ0n) is 35.6. The van der Waals surface area contributed by atoms with Crippen molar-refractivity contribution in [1.82, 2.24) is 20.9 Å². The van der Waals surface area contributed by atoms with E-state index in [0.717, 1.165) is 63.7 Å². The van der Waals surface area contributed by atoms with Crippen molar-refractivity contribution < 1.29 is 33.9 Å². The zero-order valence-corrected chi connectivity index (χ0v) is 35.6. The molecule has 1 unspecified atom stereocenters. The number of unbranched alkanes of at least 4 members (excludes halogenated alkanes) is 1. The Bertz CT molecular complexity index is 1360. The number of Topliss-reactive ketones (excluding diaryl/α,β-unsaturated/α-hetero) is 3. The van der Waals surface area contributed by atoms with Gasteiger partial charge in [-0.3, -0.25) is 28.8 Å². The fourth-order valence-electron chi connectivity index (χ4n) is 7.88. The molecule has 0 aromatic heterocycles. The molecular weight excluding hydrogens is 709 g/mol. The molecule has 0 aliphatic heterocycles. The number of hydrogen-bond acceptors (Lipinski definition) is 8. The summed E-state index contributed by atoms with van der Waals surface area (Å²) >= 11 is 0. The molecule has 3 amide bonds. The number of hydrogen-bond donors (Lipinski definition) is 4. The van der Waals surface area contributed by atoms with Crippen LogP contribution in [0.15, 0.2) is 30.3 Å². The lowest BCUT2D eigenvalue weighted by atomic mass is 9.80.